The molecule has 2 heterocycles. The molecule has 0 spiro atoms. The van der Waals surface area contributed by atoms with Crippen LogP contribution < -0.4 is 5.32 Å². The van der Waals surface area contributed by atoms with Crippen molar-refractivity contribution in [1.29, 1.82) is 0 Å². The fourth-order valence-electron chi connectivity index (χ4n) is 2.94. The minimum absolute atomic E-state index is 0.273. The summed E-state index contributed by atoms with van der Waals surface area (Å²) in [6, 6.07) is 20.8. The molecular weight excluding hydrogens is 313 g/mol. The van der Waals surface area contributed by atoms with E-state index >= 15 is 0 Å². The molecule has 4 aromatic rings. The Morgan fingerprint density at radius 1 is 0.960 bits per heavy atom. The van der Waals surface area contributed by atoms with E-state index in [1.165, 1.54) is 6.07 Å². The Bertz CT molecular complexity index is 1020. The van der Waals surface area contributed by atoms with Crippen molar-refractivity contribution in [2.45, 2.75) is 13.5 Å². The molecule has 1 N–H and O–H groups in total. The lowest BCUT2D eigenvalue weighted by Gasteiger charge is -2.10. The molecule has 0 radical (unpaired) electrons. The van der Waals surface area contributed by atoms with Crippen molar-refractivity contribution < 1.29 is 4.39 Å². The zero-order valence-corrected chi connectivity index (χ0v) is 13.9. The Morgan fingerprint density at radius 3 is 2.52 bits per heavy atom. The lowest BCUT2D eigenvalue weighted by Crippen LogP contribution is -2.03. The average molecular weight is 331 g/mol. The Morgan fingerprint density at radius 2 is 1.72 bits per heavy atom. The highest BCUT2D eigenvalue weighted by atomic mass is 19.1. The largest absolute Gasteiger partial charge is 0.365 e. The fourth-order valence-corrected chi connectivity index (χ4v) is 2.94. The normalized spacial score (nSPS) is 11.0. The van der Waals surface area contributed by atoms with E-state index in [9.17, 15) is 4.39 Å². The third-order valence-electron chi connectivity index (χ3n) is 4.20. The summed E-state index contributed by atoms with van der Waals surface area (Å²) >= 11 is 0. The van der Waals surface area contributed by atoms with Gasteiger partial charge in [-0.1, -0.05) is 48.5 Å². The van der Waals surface area contributed by atoms with Gasteiger partial charge in [-0.3, -0.25) is 4.40 Å². The van der Waals surface area contributed by atoms with Crippen LogP contribution in [0.2, 0.25) is 0 Å². The molecule has 0 saturated carbocycles. The van der Waals surface area contributed by atoms with E-state index in [1.807, 2.05) is 53.9 Å². The zero-order valence-electron chi connectivity index (χ0n) is 13.9. The van der Waals surface area contributed by atoms with E-state index in [1.54, 1.807) is 12.1 Å². The summed E-state index contributed by atoms with van der Waals surface area (Å²) in [6.45, 7) is 2.67. The molecule has 0 atom stereocenters. The van der Waals surface area contributed by atoms with E-state index in [0.717, 1.165) is 22.6 Å². The number of hydrogen-bond donors (Lipinski definition) is 1. The lowest BCUT2D eigenvalue weighted by atomic mass is 10.1. The summed E-state index contributed by atoms with van der Waals surface area (Å²) in [6.07, 6.45) is 2.01. The summed E-state index contributed by atoms with van der Waals surface area (Å²) in [5.41, 5.74) is 4.19. The molecule has 4 rings (SSSR count). The van der Waals surface area contributed by atoms with Gasteiger partial charge in [0.1, 0.15) is 23.0 Å². The number of imidazole rings is 1. The molecule has 0 saturated heterocycles. The van der Waals surface area contributed by atoms with Gasteiger partial charge < -0.3 is 5.32 Å². The van der Waals surface area contributed by atoms with E-state index in [0.29, 0.717) is 17.8 Å². The van der Waals surface area contributed by atoms with Gasteiger partial charge in [-0.25, -0.2) is 9.37 Å². The van der Waals surface area contributed by atoms with Crippen LogP contribution in [0.15, 0.2) is 72.9 Å². The van der Waals surface area contributed by atoms with E-state index in [-0.39, 0.29) is 5.82 Å². The molecule has 3 nitrogen and oxygen atoms in total. The average Bonchev–Trinajstić information content (AvgIpc) is 2.99. The number of benzene rings is 2. The predicted molar refractivity (Wildman–Crippen MR) is 99.1 cm³/mol. The van der Waals surface area contributed by atoms with E-state index in [2.05, 4.69) is 22.4 Å². The van der Waals surface area contributed by atoms with Crippen LogP contribution >= 0.6 is 0 Å². The molecule has 124 valence electrons. The number of rotatable bonds is 4. The predicted octanol–water partition coefficient (Wildman–Crippen LogP) is 5.06. The third-order valence-corrected chi connectivity index (χ3v) is 4.20. The van der Waals surface area contributed by atoms with Crippen molar-refractivity contribution in [2.75, 3.05) is 5.32 Å². The van der Waals surface area contributed by atoms with Gasteiger partial charge in [0, 0.05) is 18.3 Å². The molecule has 0 amide bonds. The quantitative estimate of drug-likeness (QED) is 0.566. The highest BCUT2D eigenvalue weighted by Crippen LogP contribution is 2.31. The highest BCUT2D eigenvalue weighted by molar-refractivity contribution is 5.77. The van der Waals surface area contributed by atoms with Crippen molar-refractivity contribution in [3.8, 4) is 11.3 Å². The fraction of sp³-hybridized carbons (Fsp3) is 0.0952. The number of anilines is 1. The van der Waals surface area contributed by atoms with Crippen molar-refractivity contribution in [3.05, 3.63) is 89.9 Å². The van der Waals surface area contributed by atoms with Crippen LogP contribution in [-0.2, 0) is 6.54 Å². The molecule has 0 unspecified atom stereocenters. The molecule has 25 heavy (non-hydrogen) atoms. The number of fused-ring (bicyclic) bond motifs is 1. The number of halogens is 1. The summed E-state index contributed by atoms with van der Waals surface area (Å²) < 4.78 is 16.3. The van der Waals surface area contributed by atoms with Gasteiger partial charge in [0.15, 0.2) is 0 Å². The number of aromatic nitrogens is 2. The summed E-state index contributed by atoms with van der Waals surface area (Å²) in [5.74, 6) is 0.526. The maximum Gasteiger partial charge on any atom is 0.139 e. The van der Waals surface area contributed by atoms with Gasteiger partial charge in [0.2, 0.25) is 0 Å². The van der Waals surface area contributed by atoms with Gasteiger partial charge in [-0.05, 0) is 36.2 Å². The molecule has 0 aliphatic rings. The van der Waals surface area contributed by atoms with Crippen LogP contribution in [0, 0.1) is 12.7 Å². The maximum absolute atomic E-state index is 14.3. The summed E-state index contributed by atoms with van der Waals surface area (Å²) in [5, 5.41) is 3.44. The Hall–Kier alpha value is -3.14. The Kier molecular flexibility index (Phi) is 3.94. The molecule has 0 bridgehead atoms. The van der Waals surface area contributed by atoms with Crippen LogP contribution in [0.1, 0.15) is 11.1 Å². The second-order valence-corrected chi connectivity index (χ2v) is 6.06. The number of hydrogen-bond acceptors (Lipinski definition) is 2. The second-order valence-electron chi connectivity index (χ2n) is 6.06. The van der Waals surface area contributed by atoms with Crippen molar-refractivity contribution in [1.82, 2.24) is 9.38 Å². The second kappa shape index (κ2) is 6.40. The van der Waals surface area contributed by atoms with Gasteiger partial charge in [-0.2, -0.15) is 0 Å². The summed E-state index contributed by atoms with van der Waals surface area (Å²) in [7, 11) is 0. The molecule has 2 aromatic carbocycles. The smallest absolute Gasteiger partial charge is 0.139 e. The number of aryl methyl sites for hydroxylation is 1. The van der Waals surface area contributed by atoms with Crippen LogP contribution in [-0.4, -0.2) is 9.38 Å². The van der Waals surface area contributed by atoms with E-state index in [4.69, 9.17) is 0 Å². The molecule has 2 aromatic heterocycles. The number of pyridine rings is 1. The van der Waals surface area contributed by atoms with Crippen molar-refractivity contribution in [2.24, 2.45) is 0 Å². The standard InChI is InChI=1S/C21H18FN3/c1-15-11-12-19-24-20(17-9-5-6-10-18(17)22)21(25(19)14-15)23-13-16-7-3-2-4-8-16/h2-12,14,23H,13H2,1H3. The van der Waals surface area contributed by atoms with Crippen LogP contribution in [0.4, 0.5) is 10.2 Å². The Labute approximate surface area is 145 Å². The number of nitrogens with zero attached hydrogens (tertiary/aromatic N) is 2. The van der Waals surface area contributed by atoms with Gasteiger partial charge in [0.05, 0.1) is 0 Å². The number of nitrogens with one attached hydrogen (secondary N) is 1. The first kappa shape index (κ1) is 15.4. The minimum Gasteiger partial charge on any atom is -0.365 e. The molecule has 4 heteroatoms. The zero-order chi connectivity index (χ0) is 17.2. The third kappa shape index (κ3) is 2.98. The van der Waals surface area contributed by atoms with Crippen LogP contribution in [0.3, 0.4) is 0 Å². The van der Waals surface area contributed by atoms with Gasteiger partial charge in [-0.15, -0.1) is 0 Å². The van der Waals surface area contributed by atoms with Gasteiger partial charge >= 0.3 is 0 Å². The summed E-state index contributed by atoms with van der Waals surface area (Å²) in [4.78, 5) is 4.66. The molecule has 0 fully saturated rings. The first-order valence-electron chi connectivity index (χ1n) is 8.24. The first-order chi connectivity index (χ1) is 12.2. The SMILES string of the molecule is Cc1ccc2nc(-c3ccccc3F)c(NCc3ccccc3)n2c1. The topological polar surface area (TPSA) is 29.3 Å². The first-order valence-corrected chi connectivity index (χ1v) is 8.24. The lowest BCUT2D eigenvalue weighted by molar-refractivity contribution is 0.631. The van der Waals surface area contributed by atoms with Crippen LogP contribution in [0.5, 0.6) is 0 Å². The van der Waals surface area contributed by atoms with Crippen LogP contribution in [0.25, 0.3) is 16.9 Å². The van der Waals surface area contributed by atoms with Gasteiger partial charge in [0.25, 0.3) is 0 Å². The molecule has 0 aliphatic carbocycles. The monoisotopic (exact) mass is 331 g/mol. The minimum atomic E-state index is -0.273. The highest BCUT2D eigenvalue weighted by Gasteiger charge is 2.16. The molecule has 0 aliphatic heterocycles. The Balaban J connectivity index is 1.83. The molecular formula is C21H18FN3. The maximum atomic E-state index is 14.3. The van der Waals surface area contributed by atoms with Crippen molar-refractivity contribution in [3.63, 3.8) is 0 Å². The van der Waals surface area contributed by atoms with E-state index < -0.39 is 0 Å². The van der Waals surface area contributed by atoms with Crippen molar-refractivity contribution >= 4 is 11.5 Å².